The SMILES string of the molecule is CC(C)[C@@H](C)[C@@H]1O[C@H]1[C@@]1(O)CC=C[C@@H]2C[C@H]3C(=CC(=O)[C@@H]4C[C@@H](O)[C@@H](O)C[C@@]43C)[C@]3(O)CC[C@H]1[C@@]23CCc1cc(O)cc(CCCO)c1. The smallest absolute Gasteiger partial charge is 0.159 e. The van der Waals surface area contributed by atoms with Gasteiger partial charge in [-0.2, -0.15) is 0 Å². The van der Waals surface area contributed by atoms with Gasteiger partial charge in [0.1, 0.15) is 17.5 Å². The number of hydrogen-bond acceptors (Lipinski definition) is 8. The molecule has 8 heteroatoms. The number of fused-ring (bicyclic) bond motifs is 4. The molecule has 3 saturated carbocycles. The molecule has 13 atom stereocenters. The van der Waals surface area contributed by atoms with Gasteiger partial charge in [-0.05, 0) is 128 Å². The first-order valence-corrected chi connectivity index (χ1v) is 18.5. The number of hydrogen-bond donors (Lipinski definition) is 6. The quantitative estimate of drug-likeness (QED) is 0.168. The van der Waals surface area contributed by atoms with Gasteiger partial charge in [-0.25, -0.2) is 0 Å². The lowest BCUT2D eigenvalue weighted by molar-refractivity contribution is -0.182. The van der Waals surface area contributed by atoms with Gasteiger partial charge in [-0.3, -0.25) is 4.79 Å². The van der Waals surface area contributed by atoms with Crippen LogP contribution in [0.25, 0.3) is 0 Å². The fraction of sp³-hybridized carbons (Fsp3) is 0.725. The van der Waals surface area contributed by atoms with Gasteiger partial charge < -0.3 is 35.4 Å². The van der Waals surface area contributed by atoms with Crippen LogP contribution < -0.4 is 0 Å². The fourth-order valence-electron chi connectivity index (χ4n) is 11.7. The zero-order chi connectivity index (χ0) is 34.4. The zero-order valence-corrected chi connectivity index (χ0v) is 29.0. The number of allylic oxidation sites excluding steroid dienone is 2. The van der Waals surface area contributed by atoms with Crippen LogP contribution in [0.15, 0.2) is 42.0 Å². The number of phenolic OH excluding ortho intramolecular Hbond substituents is 1. The number of aliphatic hydroxyl groups is 5. The number of ketones is 1. The minimum absolute atomic E-state index is 0.0625. The molecule has 0 bridgehead atoms. The Kier molecular flexibility index (Phi) is 8.61. The van der Waals surface area contributed by atoms with Crippen LogP contribution in [0.2, 0.25) is 0 Å². The Morgan fingerprint density at radius 1 is 1.00 bits per heavy atom. The molecule has 0 aromatic heterocycles. The van der Waals surface area contributed by atoms with Crippen molar-refractivity contribution in [3.05, 3.63) is 53.1 Å². The third kappa shape index (κ3) is 5.03. The molecular weight excluding hydrogens is 608 g/mol. The topological polar surface area (TPSA) is 151 Å². The number of carbonyl (C=O) groups excluding carboxylic acids is 1. The number of epoxide rings is 1. The summed E-state index contributed by atoms with van der Waals surface area (Å²) >= 11 is 0. The molecule has 6 aliphatic rings. The maximum absolute atomic E-state index is 13.9. The summed E-state index contributed by atoms with van der Waals surface area (Å²) in [4.78, 5) is 13.9. The molecule has 264 valence electrons. The summed E-state index contributed by atoms with van der Waals surface area (Å²) in [5, 5.41) is 67.9. The molecule has 0 spiro atoms. The van der Waals surface area contributed by atoms with Crippen LogP contribution in [-0.2, 0) is 22.4 Å². The third-order valence-electron chi connectivity index (χ3n) is 14.5. The lowest BCUT2D eigenvalue weighted by atomic mass is 9.42. The molecule has 0 unspecified atom stereocenters. The Morgan fingerprint density at radius 3 is 2.44 bits per heavy atom. The maximum atomic E-state index is 13.9. The molecule has 1 saturated heterocycles. The Balaban J connectivity index is 1.33. The van der Waals surface area contributed by atoms with Crippen LogP contribution in [0.5, 0.6) is 5.75 Å². The lowest BCUT2D eigenvalue weighted by Gasteiger charge is -2.63. The molecule has 5 aliphatic carbocycles. The van der Waals surface area contributed by atoms with E-state index in [0.717, 1.165) is 16.7 Å². The van der Waals surface area contributed by atoms with Crippen molar-refractivity contribution >= 4 is 5.78 Å². The van der Waals surface area contributed by atoms with Crippen molar-refractivity contribution in [1.29, 1.82) is 0 Å². The number of phenols is 1. The summed E-state index contributed by atoms with van der Waals surface area (Å²) in [6.45, 7) is 8.68. The van der Waals surface area contributed by atoms with E-state index in [0.29, 0.717) is 63.7 Å². The second kappa shape index (κ2) is 12.0. The Labute approximate surface area is 284 Å². The van der Waals surface area contributed by atoms with Gasteiger partial charge in [0.15, 0.2) is 5.78 Å². The van der Waals surface area contributed by atoms with Crippen LogP contribution in [0.4, 0.5) is 0 Å². The van der Waals surface area contributed by atoms with Gasteiger partial charge in [0, 0.05) is 23.9 Å². The van der Waals surface area contributed by atoms with Crippen molar-refractivity contribution in [3.8, 4) is 5.75 Å². The largest absolute Gasteiger partial charge is 0.508 e. The predicted molar refractivity (Wildman–Crippen MR) is 181 cm³/mol. The van der Waals surface area contributed by atoms with Crippen molar-refractivity contribution in [2.24, 2.45) is 46.3 Å². The molecule has 48 heavy (non-hydrogen) atoms. The van der Waals surface area contributed by atoms with E-state index in [2.05, 4.69) is 45.9 Å². The molecular formula is C40H56O8. The summed E-state index contributed by atoms with van der Waals surface area (Å²) in [7, 11) is 0. The van der Waals surface area contributed by atoms with Crippen LogP contribution >= 0.6 is 0 Å². The van der Waals surface area contributed by atoms with E-state index < -0.39 is 40.2 Å². The molecule has 1 aromatic rings. The normalized spacial score (nSPS) is 45.2. The van der Waals surface area contributed by atoms with Gasteiger partial charge >= 0.3 is 0 Å². The summed E-state index contributed by atoms with van der Waals surface area (Å²) in [6.07, 6.45) is 8.73. The van der Waals surface area contributed by atoms with Crippen molar-refractivity contribution in [1.82, 2.24) is 0 Å². The number of benzene rings is 1. The summed E-state index contributed by atoms with van der Waals surface area (Å²) in [6, 6.07) is 5.59. The van der Waals surface area contributed by atoms with E-state index in [4.69, 9.17) is 4.74 Å². The molecule has 0 radical (unpaired) electrons. The molecule has 1 aliphatic heterocycles. The molecule has 1 aromatic carbocycles. The van der Waals surface area contributed by atoms with Crippen molar-refractivity contribution in [2.45, 2.75) is 128 Å². The van der Waals surface area contributed by atoms with Gasteiger partial charge in [0.05, 0.1) is 23.9 Å². The summed E-state index contributed by atoms with van der Waals surface area (Å²) in [5.41, 5.74) is -1.35. The Bertz CT molecular complexity index is 1490. The number of carbonyl (C=O) groups is 1. The number of ether oxygens (including phenoxy) is 1. The number of aromatic hydroxyl groups is 1. The highest BCUT2D eigenvalue weighted by Crippen LogP contribution is 2.73. The van der Waals surface area contributed by atoms with Gasteiger partial charge in [0.2, 0.25) is 0 Å². The first kappa shape index (κ1) is 34.4. The average molecular weight is 665 g/mol. The second-order valence-electron chi connectivity index (χ2n) is 17.1. The predicted octanol–water partition coefficient (Wildman–Crippen LogP) is 4.41. The Hall–Kier alpha value is -2.07. The second-order valence-corrected chi connectivity index (χ2v) is 17.1. The van der Waals surface area contributed by atoms with Gasteiger partial charge in [-0.1, -0.05) is 45.9 Å². The molecule has 7 rings (SSSR count). The van der Waals surface area contributed by atoms with Gasteiger partial charge in [0.25, 0.3) is 0 Å². The van der Waals surface area contributed by atoms with Crippen LogP contribution in [-0.4, -0.2) is 78.6 Å². The number of aliphatic hydroxyl groups excluding tert-OH is 3. The van der Waals surface area contributed by atoms with E-state index in [-0.39, 0.29) is 60.4 Å². The first-order chi connectivity index (χ1) is 22.7. The van der Waals surface area contributed by atoms with E-state index >= 15 is 0 Å². The highest BCUT2D eigenvalue weighted by Gasteiger charge is 2.75. The molecule has 4 fully saturated rings. The lowest BCUT2D eigenvalue weighted by Crippen LogP contribution is -2.66. The average Bonchev–Trinajstić information content (AvgIpc) is 3.79. The Morgan fingerprint density at radius 2 is 1.73 bits per heavy atom. The molecule has 6 N–H and O–H groups in total. The van der Waals surface area contributed by atoms with E-state index in [1.807, 2.05) is 0 Å². The number of aryl methyl sites for hydroxylation is 2. The maximum Gasteiger partial charge on any atom is 0.159 e. The molecule has 8 nitrogen and oxygen atoms in total. The van der Waals surface area contributed by atoms with Crippen molar-refractivity contribution in [3.63, 3.8) is 0 Å². The fourth-order valence-corrected chi connectivity index (χ4v) is 11.7. The summed E-state index contributed by atoms with van der Waals surface area (Å²) in [5.74, 6) is -0.232. The zero-order valence-electron chi connectivity index (χ0n) is 29.0. The monoisotopic (exact) mass is 664 g/mol. The van der Waals surface area contributed by atoms with E-state index in [1.165, 1.54) is 0 Å². The highest BCUT2D eigenvalue weighted by atomic mass is 16.6. The van der Waals surface area contributed by atoms with Crippen molar-refractivity contribution < 1.29 is 40.2 Å². The molecule has 1 heterocycles. The minimum atomic E-state index is -1.37. The third-order valence-corrected chi connectivity index (χ3v) is 14.5. The minimum Gasteiger partial charge on any atom is -0.508 e. The van der Waals surface area contributed by atoms with Gasteiger partial charge in [-0.15, -0.1) is 0 Å². The van der Waals surface area contributed by atoms with Crippen LogP contribution in [0, 0.1) is 46.3 Å². The van der Waals surface area contributed by atoms with E-state index in [1.54, 1.807) is 18.2 Å². The first-order valence-electron chi connectivity index (χ1n) is 18.5. The van der Waals surface area contributed by atoms with Crippen molar-refractivity contribution in [2.75, 3.05) is 6.61 Å². The van der Waals surface area contributed by atoms with E-state index in [9.17, 15) is 35.4 Å². The highest BCUT2D eigenvalue weighted by molar-refractivity contribution is 5.95. The van der Waals surface area contributed by atoms with Crippen LogP contribution in [0.1, 0.15) is 90.2 Å². The van der Waals surface area contributed by atoms with Crippen LogP contribution in [0.3, 0.4) is 0 Å². The number of rotatable bonds is 9. The molecule has 0 amide bonds. The summed E-state index contributed by atoms with van der Waals surface area (Å²) < 4.78 is 6.37. The standard InChI is InChI=1S/C40H56O8/c1-22(2)23(3)35-36(48-35)39(46)11-5-8-26-18-28-29(19-31(43)30-20-32(44)33(45)21-37(28,30)4)40(47)13-10-34(39)38(26,40)12-9-25-15-24(7-6-14-41)16-27(42)17-25/h5,8,15-17,19,22-23,26,28,30,32-36,41-42,44-47H,6-7,9-14,18,20-21H2,1-4H3/t23-,26-,28+,30+,32-,33+,34+,35+,36-,37-,38-,39-,40-/m1/s1.